The van der Waals surface area contributed by atoms with E-state index in [1.807, 2.05) is 6.92 Å². The van der Waals surface area contributed by atoms with Crippen LogP contribution in [0.25, 0.3) is 0 Å². The molecule has 0 unspecified atom stereocenters. The fourth-order valence-corrected chi connectivity index (χ4v) is 1.18. The number of aryl methyl sites for hydroxylation is 1. The van der Waals surface area contributed by atoms with Crippen molar-refractivity contribution in [3.63, 3.8) is 0 Å². The SMILES string of the molecule is Cc1cc(F)ccc1NBr. The Morgan fingerprint density at radius 1 is 1.50 bits per heavy atom. The highest BCUT2D eigenvalue weighted by molar-refractivity contribution is 9.10. The van der Waals surface area contributed by atoms with Gasteiger partial charge >= 0.3 is 0 Å². The van der Waals surface area contributed by atoms with Crippen LogP contribution in [0.2, 0.25) is 0 Å². The van der Waals surface area contributed by atoms with E-state index in [2.05, 4.69) is 20.5 Å². The summed E-state index contributed by atoms with van der Waals surface area (Å²) in [6, 6.07) is 4.57. The lowest BCUT2D eigenvalue weighted by molar-refractivity contribution is 0.627. The van der Waals surface area contributed by atoms with Crippen LogP contribution in [0.5, 0.6) is 0 Å². The zero-order valence-electron chi connectivity index (χ0n) is 5.49. The van der Waals surface area contributed by atoms with Gasteiger partial charge in [-0.05, 0) is 30.7 Å². The molecule has 0 bridgehead atoms. The van der Waals surface area contributed by atoms with E-state index in [1.165, 1.54) is 12.1 Å². The molecule has 0 spiro atoms. The first-order chi connectivity index (χ1) is 4.74. The third-order valence-electron chi connectivity index (χ3n) is 1.29. The van der Waals surface area contributed by atoms with E-state index >= 15 is 0 Å². The molecule has 0 saturated heterocycles. The van der Waals surface area contributed by atoms with Gasteiger partial charge in [-0.2, -0.15) is 0 Å². The van der Waals surface area contributed by atoms with Gasteiger partial charge in [0, 0.05) is 21.8 Å². The Morgan fingerprint density at radius 3 is 2.70 bits per heavy atom. The van der Waals surface area contributed by atoms with Crippen molar-refractivity contribution in [3.8, 4) is 0 Å². The highest BCUT2D eigenvalue weighted by Gasteiger charge is 1.95. The van der Waals surface area contributed by atoms with Crippen LogP contribution >= 0.6 is 16.1 Å². The summed E-state index contributed by atoms with van der Waals surface area (Å²) in [6.45, 7) is 1.84. The van der Waals surface area contributed by atoms with E-state index < -0.39 is 0 Å². The van der Waals surface area contributed by atoms with Crippen LogP contribution in [0.4, 0.5) is 10.1 Å². The summed E-state index contributed by atoms with van der Waals surface area (Å²) < 4.78 is 15.2. The maximum Gasteiger partial charge on any atom is 0.123 e. The molecule has 0 atom stereocenters. The third kappa shape index (κ3) is 1.48. The summed E-state index contributed by atoms with van der Waals surface area (Å²) in [5.74, 6) is -0.205. The van der Waals surface area contributed by atoms with E-state index in [9.17, 15) is 4.39 Å². The van der Waals surface area contributed by atoms with E-state index in [4.69, 9.17) is 0 Å². The summed E-state index contributed by atoms with van der Waals surface area (Å²) in [6.07, 6.45) is 0. The number of halogens is 2. The summed E-state index contributed by atoms with van der Waals surface area (Å²) in [5.41, 5.74) is 1.78. The lowest BCUT2D eigenvalue weighted by atomic mass is 10.2. The molecule has 0 amide bonds. The fourth-order valence-electron chi connectivity index (χ4n) is 0.733. The summed E-state index contributed by atoms with van der Waals surface area (Å²) in [5, 5.41) is 0. The second-order valence-electron chi connectivity index (χ2n) is 2.05. The monoisotopic (exact) mass is 203 g/mol. The quantitative estimate of drug-likeness (QED) is 0.693. The molecule has 54 valence electrons. The Morgan fingerprint density at radius 2 is 2.20 bits per heavy atom. The van der Waals surface area contributed by atoms with Crippen molar-refractivity contribution < 1.29 is 4.39 Å². The van der Waals surface area contributed by atoms with Crippen LogP contribution in [-0.4, -0.2) is 0 Å². The van der Waals surface area contributed by atoms with Crippen LogP contribution in [0.1, 0.15) is 5.56 Å². The summed E-state index contributed by atoms with van der Waals surface area (Å²) >= 11 is 3.06. The van der Waals surface area contributed by atoms with Gasteiger partial charge in [0.25, 0.3) is 0 Å². The molecule has 1 aromatic carbocycles. The number of benzene rings is 1. The van der Waals surface area contributed by atoms with Crippen LogP contribution < -0.4 is 4.34 Å². The molecule has 1 nitrogen and oxygen atoms in total. The van der Waals surface area contributed by atoms with Gasteiger partial charge in [0.15, 0.2) is 0 Å². The Bertz CT molecular complexity index is 237. The number of hydrogen-bond donors (Lipinski definition) is 1. The molecular weight excluding hydrogens is 197 g/mol. The van der Waals surface area contributed by atoms with Crippen molar-refractivity contribution in [1.82, 2.24) is 0 Å². The van der Waals surface area contributed by atoms with Crippen molar-refractivity contribution >= 4 is 21.8 Å². The van der Waals surface area contributed by atoms with Gasteiger partial charge in [0.1, 0.15) is 5.82 Å². The van der Waals surface area contributed by atoms with Crippen molar-refractivity contribution in [1.29, 1.82) is 0 Å². The first-order valence-corrected chi connectivity index (χ1v) is 3.66. The predicted molar refractivity (Wildman–Crippen MR) is 43.7 cm³/mol. The topological polar surface area (TPSA) is 12.0 Å². The fraction of sp³-hybridized carbons (Fsp3) is 0.143. The van der Waals surface area contributed by atoms with Gasteiger partial charge in [-0.3, -0.25) is 0 Å². The molecule has 0 saturated carbocycles. The van der Waals surface area contributed by atoms with Crippen LogP contribution in [0.3, 0.4) is 0 Å². The molecular formula is C7H7BrFN. The van der Waals surface area contributed by atoms with Crippen LogP contribution in [0, 0.1) is 12.7 Å². The molecule has 3 heteroatoms. The molecule has 1 N–H and O–H groups in total. The summed E-state index contributed by atoms with van der Waals surface area (Å²) in [7, 11) is 0. The molecule has 0 heterocycles. The lowest BCUT2D eigenvalue weighted by Crippen LogP contribution is -1.85. The molecule has 0 aliphatic rings. The molecule has 0 aliphatic carbocycles. The number of nitrogens with one attached hydrogen (secondary N) is 1. The second-order valence-corrected chi connectivity index (χ2v) is 2.45. The zero-order chi connectivity index (χ0) is 7.56. The van der Waals surface area contributed by atoms with Crippen molar-refractivity contribution in [3.05, 3.63) is 29.6 Å². The number of hydrogen-bond acceptors (Lipinski definition) is 1. The molecule has 1 aromatic rings. The van der Waals surface area contributed by atoms with Gasteiger partial charge in [-0.1, -0.05) is 0 Å². The molecule has 0 aliphatic heterocycles. The van der Waals surface area contributed by atoms with Gasteiger partial charge in [-0.25, -0.2) is 4.39 Å². The molecule has 0 radical (unpaired) electrons. The van der Waals surface area contributed by atoms with Gasteiger partial charge in [0.2, 0.25) is 0 Å². The van der Waals surface area contributed by atoms with E-state index in [0.29, 0.717) is 0 Å². The van der Waals surface area contributed by atoms with Gasteiger partial charge < -0.3 is 4.34 Å². The first kappa shape index (κ1) is 7.54. The van der Waals surface area contributed by atoms with Crippen molar-refractivity contribution in [2.45, 2.75) is 6.92 Å². The standard InChI is InChI=1S/C7H7BrFN/c1-5-4-6(9)2-3-7(5)10-8/h2-4,10H,1H3. The zero-order valence-corrected chi connectivity index (χ0v) is 7.07. The normalized spacial score (nSPS) is 9.50. The Kier molecular flexibility index (Phi) is 2.27. The molecule has 10 heavy (non-hydrogen) atoms. The van der Waals surface area contributed by atoms with Crippen LogP contribution in [0.15, 0.2) is 18.2 Å². The summed E-state index contributed by atoms with van der Waals surface area (Å²) in [4.78, 5) is 0. The van der Waals surface area contributed by atoms with Crippen LogP contribution in [-0.2, 0) is 0 Å². The van der Waals surface area contributed by atoms with Crippen molar-refractivity contribution in [2.75, 3.05) is 4.34 Å². The predicted octanol–water partition coefficient (Wildman–Crippen LogP) is 2.86. The Balaban J connectivity index is 3.07. The highest BCUT2D eigenvalue weighted by Crippen LogP contribution is 2.16. The Hall–Kier alpha value is -0.570. The van der Waals surface area contributed by atoms with Crippen molar-refractivity contribution in [2.24, 2.45) is 0 Å². The largest absolute Gasteiger partial charge is 0.322 e. The van der Waals surface area contributed by atoms with Gasteiger partial charge in [0.05, 0.1) is 0 Å². The first-order valence-electron chi connectivity index (χ1n) is 2.87. The smallest absolute Gasteiger partial charge is 0.123 e. The lowest BCUT2D eigenvalue weighted by Gasteiger charge is -2.01. The Labute approximate surface area is 67.6 Å². The van der Waals surface area contributed by atoms with E-state index in [1.54, 1.807) is 6.07 Å². The van der Waals surface area contributed by atoms with E-state index in [0.717, 1.165) is 11.3 Å². The minimum atomic E-state index is -0.205. The third-order valence-corrected chi connectivity index (χ3v) is 1.72. The maximum atomic E-state index is 12.4. The molecule has 1 rings (SSSR count). The van der Waals surface area contributed by atoms with Gasteiger partial charge in [-0.15, -0.1) is 0 Å². The minimum Gasteiger partial charge on any atom is -0.322 e. The molecule has 0 fully saturated rings. The second kappa shape index (κ2) is 3.01. The number of anilines is 1. The number of rotatable bonds is 1. The average molecular weight is 204 g/mol. The maximum absolute atomic E-state index is 12.4. The highest BCUT2D eigenvalue weighted by atomic mass is 79.9. The average Bonchev–Trinajstić information content (AvgIpc) is 1.88. The minimum absolute atomic E-state index is 0.205. The van der Waals surface area contributed by atoms with E-state index in [-0.39, 0.29) is 5.82 Å². The molecule has 0 aromatic heterocycles.